The summed E-state index contributed by atoms with van der Waals surface area (Å²) >= 11 is 9.34. The van der Waals surface area contributed by atoms with Crippen LogP contribution in [0.1, 0.15) is 39.2 Å². The van der Waals surface area contributed by atoms with Gasteiger partial charge in [-0.05, 0) is 51.5 Å². The molecule has 17 heavy (non-hydrogen) atoms. The van der Waals surface area contributed by atoms with Gasteiger partial charge in [-0.1, -0.05) is 27.5 Å². The van der Waals surface area contributed by atoms with Gasteiger partial charge < -0.3 is 4.74 Å². The summed E-state index contributed by atoms with van der Waals surface area (Å²) in [5.41, 5.74) is 0.364. The summed E-state index contributed by atoms with van der Waals surface area (Å²) < 4.78 is 6.21. The molecule has 0 saturated carbocycles. The predicted molar refractivity (Wildman–Crippen MR) is 73.4 cm³/mol. The molecule has 4 heteroatoms. The highest BCUT2D eigenvalue weighted by molar-refractivity contribution is 9.10. The van der Waals surface area contributed by atoms with Crippen LogP contribution in [0, 0.1) is 0 Å². The summed E-state index contributed by atoms with van der Waals surface area (Å²) in [5, 5.41) is 0.610. The Bertz CT molecular complexity index is 424. The van der Waals surface area contributed by atoms with Gasteiger partial charge in [-0.15, -0.1) is 0 Å². The number of hydrogen-bond acceptors (Lipinski definition) is 2. The van der Waals surface area contributed by atoms with Gasteiger partial charge in [-0.2, -0.15) is 0 Å². The second-order valence-electron chi connectivity index (χ2n) is 4.92. The molecule has 1 unspecified atom stereocenters. The van der Waals surface area contributed by atoms with Crippen LogP contribution in [-0.4, -0.2) is 11.6 Å². The number of esters is 1. The maximum Gasteiger partial charge on any atom is 0.313 e. The Balaban J connectivity index is 2.92. The zero-order valence-electron chi connectivity index (χ0n) is 10.4. The summed E-state index contributed by atoms with van der Waals surface area (Å²) in [5.74, 6) is -0.595. The normalized spacial score (nSPS) is 13.3. The molecule has 0 aromatic heterocycles. The maximum absolute atomic E-state index is 11.9. The van der Waals surface area contributed by atoms with Crippen molar-refractivity contribution in [2.24, 2.45) is 0 Å². The topological polar surface area (TPSA) is 26.3 Å². The van der Waals surface area contributed by atoms with Gasteiger partial charge >= 0.3 is 5.97 Å². The van der Waals surface area contributed by atoms with Crippen molar-refractivity contribution < 1.29 is 9.53 Å². The lowest BCUT2D eigenvalue weighted by Gasteiger charge is -2.22. The fourth-order valence-electron chi connectivity index (χ4n) is 1.36. The molecule has 0 bridgehead atoms. The van der Waals surface area contributed by atoms with Crippen LogP contribution in [0.4, 0.5) is 0 Å². The Morgan fingerprint density at radius 3 is 2.53 bits per heavy atom. The van der Waals surface area contributed by atoms with Crippen LogP contribution in [0.15, 0.2) is 22.7 Å². The summed E-state index contributed by atoms with van der Waals surface area (Å²) in [6.45, 7) is 7.37. The number of rotatable bonds is 2. The first-order chi connectivity index (χ1) is 7.70. The third-order valence-electron chi connectivity index (χ3n) is 2.18. The Kier molecular flexibility index (Phi) is 4.62. The van der Waals surface area contributed by atoms with Crippen molar-refractivity contribution in [2.75, 3.05) is 0 Å². The molecule has 1 rings (SSSR count). The number of ether oxygens (including phenoxy) is 1. The van der Waals surface area contributed by atoms with Gasteiger partial charge in [0.15, 0.2) is 0 Å². The molecule has 0 spiro atoms. The van der Waals surface area contributed by atoms with Gasteiger partial charge in [0.1, 0.15) is 5.60 Å². The molecule has 94 valence electrons. The molecule has 0 saturated heterocycles. The van der Waals surface area contributed by atoms with E-state index < -0.39 is 5.60 Å². The van der Waals surface area contributed by atoms with Gasteiger partial charge in [0.2, 0.25) is 0 Å². The van der Waals surface area contributed by atoms with Crippen molar-refractivity contribution in [2.45, 2.75) is 39.2 Å². The molecule has 1 atom stereocenters. The van der Waals surface area contributed by atoms with Crippen LogP contribution < -0.4 is 0 Å². The Labute approximate surface area is 115 Å². The SMILES string of the molecule is CC(C(=O)OC(C)(C)C)c1cc(Cl)ccc1Br. The molecule has 2 nitrogen and oxygen atoms in total. The van der Waals surface area contributed by atoms with Crippen molar-refractivity contribution in [3.05, 3.63) is 33.3 Å². The minimum Gasteiger partial charge on any atom is -0.460 e. The molecule has 0 heterocycles. The molecule has 0 aliphatic rings. The molecule has 0 amide bonds. The molecule has 1 aromatic carbocycles. The Morgan fingerprint density at radius 1 is 1.41 bits per heavy atom. The average Bonchev–Trinajstić information content (AvgIpc) is 2.18. The van der Waals surface area contributed by atoms with Crippen LogP contribution in [0.2, 0.25) is 5.02 Å². The minimum atomic E-state index is -0.476. The third kappa shape index (κ3) is 4.32. The van der Waals surface area contributed by atoms with Crippen molar-refractivity contribution in [1.29, 1.82) is 0 Å². The molecule has 1 aromatic rings. The fraction of sp³-hybridized carbons (Fsp3) is 0.462. The highest BCUT2D eigenvalue weighted by Crippen LogP contribution is 2.29. The highest BCUT2D eigenvalue weighted by atomic mass is 79.9. The second kappa shape index (κ2) is 5.40. The fourth-order valence-corrected chi connectivity index (χ4v) is 2.13. The van der Waals surface area contributed by atoms with E-state index in [1.807, 2.05) is 33.8 Å². The number of benzene rings is 1. The lowest BCUT2D eigenvalue weighted by Crippen LogP contribution is -2.26. The molecule has 0 N–H and O–H groups in total. The zero-order valence-corrected chi connectivity index (χ0v) is 12.7. The van der Waals surface area contributed by atoms with Crippen LogP contribution in [0.5, 0.6) is 0 Å². The van der Waals surface area contributed by atoms with Gasteiger partial charge in [0.25, 0.3) is 0 Å². The van der Waals surface area contributed by atoms with E-state index >= 15 is 0 Å². The first-order valence-electron chi connectivity index (χ1n) is 5.38. The van der Waals surface area contributed by atoms with Gasteiger partial charge in [0.05, 0.1) is 5.92 Å². The van der Waals surface area contributed by atoms with E-state index in [1.165, 1.54) is 0 Å². The lowest BCUT2D eigenvalue weighted by atomic mass is 10.0. The van der Waals surface area contributed by atoms with Gasteiger partial charge in [0, 0.05) is 9.50 Å². The molecule has 0 aliphatic carbocycles. The maximum atomic E-state index is 11.9. The number of carbonyl (C=O) groups excluding carboxylic acids is 1. The van der Waals surface area contributed by atoms with E-state index in [1.54, 1.807) is 12.1 Å². The summed E-state index contributed by atoms with van der Waals surface area (Å²) in [6.07, 6.45) is 0. The predicted octanol–water partition coefficient (Wildman–Crippen LogP) is 4.55. The monoisotopic (exact) mass is 318 g/mol. The standard InChI is InChI=1S/C13H16BrClO2/c1-8(12(16)17-13(2,3)4)10-7-9(15)5-6-11(10)14/h5-8H,1-4H3. The third-order valence-corrected chi connectivity index (χ3v) is 3.14. The van der Waals surface area contributed by atoms with Crippen LogP contribution in [0.25, 0.3) is 0 Å². The van der Waals surface area contributed by atoms with E-state index in [9.17, 15) is 4.79 Å². The van der Waals surface area contributed by atoms with Crippen molar-refractivity contribution >= 4 is 33.5 Å². The number of halogens is 2. The van der Waals surface area contributed by atoms with Crippen molar-refractivity contribution in [1.82, 2.24) is 0 Å². The van der Waals surface area contributed by atoms with Crippen LogP contribution in [0.3, 0.4) is 0 Å². The molecular weight excluding hydrogens is 303 g/mol. The zero-order chi connectivity index (χ0) is 13.2. The van der Waals surface area contributed by atoms with Gasteiger partial charge in [-0.3, -0.25) is 4.79 Å². The Morgan fingerprint density at radius 2 is 2.00 bits per heavy atom. The lowest BCUT2D eigenvalue weighted by molar-refractivity contribution is -0.156. The first-order valence-corrected chi connectivity index (χ1v) is 6.55. The van der Waals surface area contributed by atoms with E-state index in [0.717, 1.165) is 10.0 Å². The minimum absolute atomic E-state index is 0.250. The average molecular weight is 320 g/mol. The number of hydrogen-bond donors (Lipinski definition) is 0. The molecule has 0 aliphatic heterocycles. The molecule has 0 radical (unpaired) electrons. The molecular formula is C13H16BrClO2. The van der Waals surface area contributed by atoms with Crippen molar-refractivity contribution in [3.63, 3.8) is 0 Å². The Hall–Kier alpha value is -0.540. The van der Waals surface area contributed by atoms with Crippen LogP contribution >= 0.6 is 27.5 Å². The first kappa shape index (κ1) is 14.5. The van der Waals surface area contributed by atoms with E-state index in [0.29, 0.717) is 5.02 Å². The quantitative estimate of drug-likeness (QED) is 0.748. The largest absolute Gasteiger partial charge is 0.460 e. The summed E-state index contributed by atoms with van der Waals surface area (Å²) in [6, 6.07) is 5.38. The van der Waals surface area contributed by atoms with E-state index in [2.05, 4.69) is 15.9 Å². The van der Waals surface area contributed by atoms with E-state index in [-0.39, 0.29) is 11.9 Å². The van der Waals surface area contributed by atoms with Crippen molar-refractivity contribution in [3.8, 4) is 0 Å². The smallest absolute Gasteiger partial charge is 0.313 e. The summed E-state index contributed by atoms with van der Waals surface area (Å²) in [4.78, 5) is 11.9. The van der Waals surface area contributed by atoms with Gasteiger partial charge in [-0.25, -0.2) is 0 Å². The second-order valence-corrected chi connectivity index (χ2v) is 6.21. The number of carbonyl (C=O) groups is 1. The van der Waals surface area contributed by atoms with E-state index in [4.69, 9.17) is 16.3 Å². The summed E-state index contributed by atoms with van der Waals surface area (Å²) in [7, 11) is 0. The van der Waals surface area contributed by atoms with Crippen LogP contribution in [-0.2, 0) is 9.53 Å². The highest BCUT2D eigenvalue weighted by Gasteiger charge is 2.24. The molecule has 0 fully saturated rings.